The summed E-state index contributed by atoms with van der Waals surface area (Å²) >= 11 is 0. The number of furan rings is 1. The molecule has 0 unspecified atom stereocenters. The standard InChI is InChI=1S/C54H37N3O/c1-54(2)46-24-10-9-22-43(46)44-28-26-40(32-47(44)54)52-55-51(39-21-12-20-38(31-39)37-19-11-18-36(30-37)34-14-5-3-6-15-34)56-53(57-52)41-27-29-45-49(33-41)58-48-25-13-23-42(50(45)48)35-16-7-4-8-17-35/h3-33H,1-2H3. The Hall–Kier alpha value is -7.43. The Morgan fingerprint density at radius 2 is 0.845 bits per heavy atom. The van der Waals surface area contributed by atoms with Crippen LogP contribution >= 0.6 is 0 Å². The van der Waals surface area contributed by atoms with E-state index in [0.29, 0.717) is 17.5 Å². The summed E-state index contributed by atoms with van der Waals surface area (Å²) in [4.78, 5) is 15.6. The summed E-state index contributed by atoms with van der Waals surface area (Å²) in [5.41, 5.74) is 16.2. The second-order valence-electron chi connectivity index (χ2n) is 15.6. The molecule has 0 aliphatic heterocycles. The predicted molar refractivity (Wildman–Crippen MR) is 237 cm³/mol. The number of aromatic nitrogens is 3. The van der Waals surface area contributed by atoms with Crippen molar-refractivity contribution in [1.29, 1.82) is 0 Å². The molecule has 0 amide bonds. The van der Waals surface area contributed by atoms with E-state index < -0.39 is 0 Å². The van der Waals surface area contributed by atoms with E-state index in [-0.39, 0.29) is 5.41 Å². The minimum atomic E-state index is -0.159. The van der Waals surface area contributed by atoms with Crippen molar-refractivity contribution in [2.24, 2.45) is 0 Å². The Morgan fingerprint density at radius 1 is 0.345 bits per heavy atom. The van der Waals surface area contributed by atoms with Crippen LogP contribution in [0.25, 0.3) is 101 Å². The van der Waals surface area contributed by atoms with Crippen molar-refractivity contribution in [3.8, 4) is 78.7 Å². The van der Waals surface area contributed by atoms with Gasteiger partial charge in [0.1, 0.15) is 11.2 Å². The molecule has 0 N–H and O–H groups in total. The molecule has 274 valence electrons. The molecule has 10 aromatic rings. The fraction of sp³-hybridized carbons (Fsp3) is 0.0556. The molecule has 8 aromatic carbocycles. The molecule has 0 atom stereocenters. The van der Waals surface area contributed by atoms with Crippen LogP contribution in [-0.2, 0) is 5.41 Å². The number of nitrogens with zero attached hydrogens (tertiary/aromatic N) is 3. The lowest BCUT2D eigenvalue weighted by Crippen LogP contribution is -2.15. The van der Waals surface area contributed by atoms with Crippen molar-refractivity contribution < 1.29 is 4.42 Å². The molecule has 4 heteroatoms. The molecule has 2 heterocycles. The highest BCUT2D eigenvalue weighted by molar-refractivity contribution is 6.13. The zero-order valence-electron chi connectivity index (χ0n) is 32.1. The van der Waals surface area contributed by atoms with E-state index in [4.69, 9.17) is 19.4 Å². The zero-order valence-corrected chi connectivity index (χ0v) is 32.1. The molecule has 1 aliphatic rings. The van der Waals surface area contributed by atoms with Gasteiger partial charge in [-0.2, -0.15) is 0 Å². The van der Waals surface area contributed by atoms with Gasteiger partial charge in [0.15, 0.2) is 17.5 Å². The zero-order chi connectivity index (χ0) is 38.8. The highest BCUT2D eigenvalue weighted by atomic mass is 16.3. The fourth-order valence-corrected chi connectivity index (χ4v) is 8.78. The lowest BCUT2D eigenvalue weighted by atomic mass is 9.82. The summed E-state index contributed by atoms with van der Waals surface area (Å²) in [7, 11) is 0. The number of benzene rings is 8. The molecule has 58 heavy (non-hydrogen) atoms. The average molecular weight is 744 g/mol. The van der Waals surface area contributed by atoms with E-state index in [2.05, 4.69) is 184 Å². The van der Waals surface area contributed by atoms with Crippen LogP contribution in [0.2, 0.25) is 0 Å². The third-order valence-electron chi connectivity index (χ3n) is 11.7. The maximum atomic E-state index is 6.55. The molecular formula is C54H37N3O. The van der Waals surface area contributed by atoms with Crippen LogP contribution in [0.3, 0.4) is 0 Å². The van der Waals surface area contributed by atoms with Gasteiger partial charge >= 0.3 is 0 Å². The average Bonchev–Trinajstić information content (AvgIpc) is 3.78. The van der Waals surface area contributed by atoms with Crippen molar-refractivity contribution >= 4 is 21.9 Å². The monoisotopic (exact) mass is 743 g/mol. The van der Waals surface area contributed by atoms with Crippen molar-refractivity contribution in [2.75, 3.05) is 0 Å². The lowest BCUT2D eigenvalue weighted by Gasteiger charge is -2.21. The van der Waals surface area contributed by atoms with Crippen molar-refractivity contribution in [1.82, 2.24) is 15.0 Å². The summed E-state index contributed by atoms with van der Waals surface area (Å²) in [6, 6.07) is 66.1. The summed E-state index contributed by atoms with van der Waals surface area (Å²) < 4.78 is 6.55. The molecule has 4 nitrogen and oxygen atoms in total. The fourth-order valence-electron chi connectivity index (χ4n) is 8.78. The lowest BCUT2D eigenvalue weighted by molar-refractivity contribution is 0.660. The molecule has 0 fully saturated rings. The maximum absolute atomic E-state index is 6.55. The van der Waals surface area contributed by atoms with E-state index in [1.54, 1.807) is 0 Å². The van der Waals surface area contributed by atoms with Gasteiger partial charge in [0, 0.05) is 32.9 Å². The Bertz CT molecular complexity index is 3200. The summed E-state index contributed by atoms with van der Waals surface area (Å²) in [6.45, 7) is 4.60. The summed E-state index contributed by atoms with van der Waals surface area (Å²) in [5.74, 6) is 1.83. The summed E-state index contributed by atoms with van der Waals surface area (Å²) in [6.07, 6.45) is 0. The van der Waals surface area contributed by atoms with Gasteiger partial charge in [-0.05, 0) is 92.0 Å². The van der Waals surface area contributed by atoms with Crippen LogP contribution in [0.1, 0.15) is 25.0 Å². The van der Waals surface area contributed by atoms with E-state index >= 15 is 0 Å². The highest BCUT2D eigenvalue weighted by Gasteiger charge is 2.35. The van der Waals surface area contributed by atoms with E-state index in [9.17, 15) is 0 Å². The van der Waals surface area contributed by atoms with Gasteiger partial charge in [0.05, 0.1) is 0 Å². The second kappa shape index (κ2) is 13.4. The smallest absolute Gasteiger partial charge is 0.164 e. The van der Waals surface area contributed by atoms with Crippen molar-refractivity contribution in [2.45, 2.75) is 19.3 Å². The van der Waals surface area contributed by atoms with Crippen LogP contribution in [0.4, 0.5) is 0 Å². The molecule has 0 bridgehead atoms. The Labute approximate surface area is 337 Å². The molecule has 0 radical (unpaired) electrons. The molecule has 2 aromatic heterocycles. The van der Waals surface area contributed by atoms with Crippen LogP contribution in [0.5, 0.6) is 0 Å². The van der Waals surface area contributed by atoms with Gasteiger partial charge in [0.2, 0.25) is 0 Å². The topological polar surface area (TPSA) is 51.8 Å². The third kappa shape index (κ3) is 5.64. The molecular weight excluding hydrogens is 707 g/mol. The van der Waals surface area contributed by atoms with Crippen LogP contribution in [-0.4, -0.2) is 15.0 Å². The summed E-state index contributed by atoms with van der Waals surface area (Å²) in [5, 5.41) is 2.15. The SMILES string of the molecule is CC1(C)c2ccccc2-c2ccc(-c3nc(-c4cccc(-c5cccc(-c6ccccc6)c5)c4)nc(-c4ccc5c(c4)oc4cccc(-c6ccccc6)c45)n3)cc21. The van der Waals surface area contributed by atoms with E-state index in [1.165, 1.54) is 33.4 Å². The first-order valence-electron chi connectivity index (χ1n) is 19.8. The number of hydrogen-bond acceptors (Lipinski definition) is 4. The van der Waals surface area contributed by atoms with Gasteiger partial charge in [-0.3, -0.25) is 0 Å². The van der Waals surface area contributed by atoms with Gasteiger partial charge in [0.25, 0.3) is 0 Å². The molecule has 1 aliphatic carbocycles. The maximum Gasteiger partial charge on any atom is 0.164 e. The van der Waals surface area contributed by atoms with Crippen LogP contribution in [0, 0.1) is 0 Å². The van der Waals surface area contributed by atoms with E-state index in [0.717, 1.165) is 60.9 Å². The Balaban J connectivity index is 1.06. The first kappa shape index (κ1) is 33.9. The highest BCUT2D eigenvalue weighted by Crippen LogP contribution is 2.49. The number of hydrogen-bond donors (Lipinski definition) is 0. The quantitative estimate of drug-likeness (QED) is 0.170. The first-order chi connectivity index (χ1) is 28.5. The largest absolute Gasteiger partial charge is 0.456 e. The van der Waals surface area contributed by atoms with Crippen molar-refractivity contribution in [3.05, 3.63) is 199 Å². The van der Waals surface area contributed by atoms with Crippen LogP contribution in [0.15, 0.2) is 192 Å². The Morgan fingerprint density at radius 3 is 1.57 bits per heavy atom. The molecule has 11 rings (SSSR count). The first-order valence-corrected chi connectivity index (χ1v) is 19.8. The second-order valence-corrected chi connectivity index (χ2v) is 15.6. The number of rotatable bonds is 6. The minimum Gasteiger partial charge on any atom is -0.456 e. The Kier molecular flexibility index (Phi) is 7.80. The van der Waals surface area contributed by atoms with E-state index in [1.807, 2.05) is 18.2 Å². The van der Waals surface area contributed by atoms with Gasteiger partial charge < -0.3 is 4.42 Å². The number of fused-ring (bicyclic) bond motifs is 6. The van der Waals surface area contributed by atoms with Crippen LogP contribution < -0.4 is 0 Å². The molecule has 0 saturated heterocycles. The van der Waals surface area contributed by atoms with Gasteiger partial charge in [-0.1, -0.05) is 166 Å². The minimum absolute atomic E-state index is 0.159. The van der Waals surface area contributed by atoms with Gasteiger partial charge in [-0.25, -0.2) is 15.0 Å². The molecule has 0 spiro atoms. The predicted octanol–water partition coefficient (Wildman–Crippen LogP) is 14.1. The third-order valence-corrected chi connectivity index (χ3v) is 11.7. The molecule has 0 saturated carbocycles. The normalized spacial score (nSPS) is 12.8. The van der Waals surface area contributed by atoms with Crippen molar-refractivity contribution in [3.63, 3.8) is 0 Å². The van der Waals surface area contributed by atoms with Gasteiger partial charge in [-0.15, -0.1) is 0 Å².